The van der Waals surface area contributed by atoms with E-state index in [0.29, 0.717) is 6.54 Å². The van der Waals surface area contributed by atoms with Crippen LogP contribution in [0.5, 0.6) is 0 Å². The Hall–Kier alpha value is -3.34. The molecule has 0 saturated carbocycles. The van der Waals surface area contributed by atoms with Crippen LogP contribution in [0, 0.1) is 0 Å². The number of aromatic nitrogens is 1. The van der Waals surface area contributed by atoms with Crippen molar-refractivity contribution in [3.63, 3.8) is 0 Å². The third kappa shape index (κ3) is 4.31. The third-order valence-corrected chi connectivity index (χ3v) is 4.31. The molecule has 0 spiro atoms. The van der Waals surface area contributed by atoms with Gasteiger partial charge in [-0.1, -0.05) is 48.5 Å². The topological polar surface area (TPSA) is 57.5 Å². The third-order valence-electron chi connectivity index (χ3n) is 4.31. The number of esters is 2. The first-order valence-corrected chi connectivity index (χ1v) is 9.31. The molecule has 28 heavy (non-hydrogen) atoms. The maximum atomic E-state index is 12.3. The van der Waals surface area contributed by atoms with Gasteiger partial charge in [-0.3, -0.25) is 0 Å². The van der Waals surface area contributed by atoms with Crippen molar-refractivity contribution in [2.24, 2.45) is 0 Å². The van der Waals surface area contributed by atoms with Crippen LogP contribution in [-0.2, 0) is 25.6 Å². The van der Waals surface area contributed by atoms with E-state index in [2.05, 4.69) is 16.7 Å². The molecule has 0 fully saturated rings. The van der Waals surface area contributed by atoms with Crippen LogP contribution in [0.15, 0.2) is 66.4 Å². The molecule has 1 aromatic heterocycles. The lowest BCUT2D eigenvalue weighted by Crippen LogP contribution is -2.18. The molecular formula is C23H23NO4. The lowest BCUT2D eigenvalue weighted by molar-refractivity contribution is -0.146. The van der Waals surface area contributed by atoms with Gasteiger partial charge in [0, 0.05) is 29.2 Å². The summed E-state index contributed by atoms with van der Waals surface area (Å²) in [5, 5.41) is 0.949. The summed E-state index contributed by atoms with van der Waals surface area (Å²) in [4.78, 5) is 24.6. The number of para-hydroxylation sites is 1. The van der Waals surface area contributed by atoms with E-state index >= 15 is 0 Å². The fourth-order valence-corrected chi connectivity index (χ4v) is 3.08. The van der Waals surface area contributed by atoms with Gasteiger partial charge in [-0.15, -0.1) is 0 Å². The van der Waals surface area contributed by atoms with Crippen LogP contribution in [0.3, 0.4) is 0 Å². The highest BCUT2D eigenvalue weighted by Gasteiger charge is 2.22. The number of nitrogens with zero attached hydrogens (tertiary/aromatic N) is 1. The van der Waals surface area contributed by atoms with E-state index in [-0.39, 0.29) is 18.8 Å². The number of fused-ring (bicyclic) bond motifs is 1. The van der Waals surface area contributed by atoms with Gasteiger partial charge in [0.15, 0.2) is 0 Å². The summed E-state index contributed by atoms with van der Waals surface area (Å²) in [5.74, 6) is -1.36. The zero-order valence-electron chi connectivity index (χ0n) is 16.1. The zero-order chi connectivity index (χ0) is 19.9. The minimum Gasteiger partial charge on any atom is -0.462 e. The predicted octanol–water partition coefficient (Wildman–Crippen LogP) is 4.20. The van der Waals surface area contributed by atoms with Crippen molar-refractivity contribution in [1.29, 1.82) is 0 Å². The number of rotatable bonds is 7. The molecule has 0 saturated heterocycles. The molecule has 0 aliphatic heterocycles. The maximum Gasteiger partial charge on any atom is 0.345 e. The lowest BCUT2D eigenvalue weighted by atomic mass is 10.1. The molecule has 0 aliphatic carbocycles. The second-order valence-corrected chi connectivity index (χ2v) is 6.21. The maximum absolute atomic E-state index is 12.3. The quantitative estimate of drug-likeness (QED) is 0.268. The number of carbonyl (C=O) groups is 2. The Balaban J connectivity index is 2.06. The van der Waals surface area contributed by atoms with E-state index in [4.69, 9.17) is 9.47 Å². The predicted molar refractivity (Wildman–Crippen MR) is 109 cm³/mol. The molecule has 0 atom stereocenters. The highest BCUT2D eigenvalue weighted by molar-refractivity contribution is 6.18. The van der Waals surface area contributed by atoms with Crippen LogP contribution in [0.4, 0.5) is 0 Å². The Morgan fingerprint density at radius 2 is 1.50 bits per heavy atom. The summed E-state index contributed by atoms with van der Waals surface area (Å²) in [7, 11) is 0. The molecule has 144 valence electrons. The second-order valence-electron chi connectivity index (χ2n) is 6.21. The highest BCUT2D eigenvalue weighted by atomic mass is 16.6. The van der Waals surface area contributed by atoms with E-state index in [0.717, 1.165) is 22.0 Å². The Kier molecular flexibility index (Phi) is 6.27. The van der Waals surface area contributed by atoms with Crippen LogP contribution in [-0.4, -0.2) is 29.7 Å². The van der Waals surface area contributed by atoms with Crippen molar-refractivity contribution in [3.05, 3.63) is 77.5 Å². The highest BCUT2D eigenvalue weighted by Crippen LogP contribution is 2.25. The Morgan fingerprint density at radius 3 is 2.14 bits per heavy atom. The number of ether oxygens (including phenoxy) is 2. The van der Waals surface area contributed by atoms with Gasteiger partial charge in [-0.05, 0) is 31.6 Å². The normalized spacial score (nSPS) is 10.5. The zero-order valence-corrected chi connectivity index (χ0v) is 16.1. The largest absolute Gasteiger partial charge is 0.462 e. The van der Waals surface area contributed by atoms with E-state index in [1.165, 1.54) is 0 Å². The number of hydrogen-bond donors (Lipinski definition) is 0. The number of benzene rings is 2. The van der Waals surface area contributed by atoms with Crippen molar-refractivity contribution in [2.45, 2.75) is 20.4 Å². The summed E-state index contributed by atoms with van der Waals surface area (Å²) in [6, 6.07) is 18.0. The van der Waals surface area contributed by atoms with E-state index in [9.17, 15) is 9.59 Å². The number of hydrogen-bond acceptors (Lipinski definition) is 4. The molecule has 0 radical (unpaired) electrons. The van der Waals surface area contributed by atoms with Crippen molar-refractivity contribution in [1.82, 2.24) is 4.57 Å². The van der Waals surface area contributed by atoms with Crippen LogP contribution in [0.1, 0.15) is 25.0 Å². The average molecular weight is 377 g/mol. The fourth-order valence-electron chi connectivity index (χ4n) is 3.08. The molecule has 3 rings (SSSR count). The number of carbonyl (C=O) groups excluding carboxylic acids is 2. The molecule has 1 heterocycles. The van der Waals surface area contributed by atoms with Gasteiger partial charge >= 0.3 is 11.9 Å². The molecule has 2 aromatic carbocycles. The fraction of sp³-hybridized carbons (Fsp3) is 0.217. The molecule has 5 heteroatoms. The molecule has 0 amide bonds. The molecule has 0 aliphatic rings. The van der Waals surface area contributed by atoms with E-state index < -0.39 is 11.9 Å². The molecule has 0 N–H and O–H groups in total. The Labute approximate surface area is 164 Å². The van der Waals surface area contributed by atoms with Crippen LogP contribution >= 0.6 is 0 Å². The van der Waals surface area contributed by atoms with E-state index in [1.807, 2.05) is 48.7 Å². The smallest absolute Gasteiger partial charge is 0.345 e. The molecular weight excluding hydrogens is 354 g/mol. The first kappa shape index (κ1) is 19.4. The van der Waals surface area contributed by atoms with Crippen LogP contribution in [0.2, 0.25) is 0 Å². The van der Waals surface area contributed by atoms with Crippen LogP contribution < -0.4 is 0 Å². The first-order valence-electron chi connectivity index (χ1n) is 9.31. The molecule has 3 aromatic rings. The van der Waals surface area contributed by atoms with Gasteiger partial charge in [0.1, 0.15) is 5.57 Å². The Bertz CT molecular complexity index is 982. The minimum absolute atomic E-state index is 0.105. The monoisotopic (exact) mass is 377 g/mol. The van der Waals surface area contributed by atoms with Crippen molar-refractivity contribution >= 4 is 28.9 Å². The Morgan fingerprint density at radius 1 is 0.893 bits per heavy atom. The van der Waals surface area contributed by atoms with Crippen molar-refractivity contribution < 1.29 is 19.1 Å². The molecule has 0 unspecified atom stereocenters. The van der Waals surface area contributed by atoms with Gasteiger partial charge in [-0.25, -0.2) is 9.59 Å². The first-order chi connectivity index (χ1) is 13.6. The van der Waals surface area contributed by atoms with Crippen LogP contribution in [0.25, 0.3) is 17.0 Å². The summed E-state index contributed by atoms with van der Waals surface area (Å²) in [6.07, 6.45) is 3.50. The van der Waals surface area contributed by atoms with Crippen molar-refractivity contribution in [3.8, 4) is 0 Å². The standard InChI is InChI=1S/C23H23NO4/c1-3-27-22(25)20(23(26)28-4-2)14-18-16-24(15-17-10-6-5-7-11-17)21-13-9-8-12-19(18)21/h5-14,16H,3-4,15H2,1-2H3. The summed E-state index contributed by atoms with van der Waals surface area (Å²) in [5.41, 5.74) is 2.84. The van der Waals surface area contributed by atoms with Gasteiger partial charge in [0.25, 0.3) is 0 Å². The van der Waals surface area contributed by atoms with Gasteiger partial charge in [0.05, 0.1) is 13.2 Å². The molecule has 5 nitrogen and oxygen atoms in total. The summed E-state index contributed by atoms with van der Waals surface area (Å²) in [6.45, 7) is 4.46. The lowest BCUT2D eigenvalue weighted by Gasteiger charge is -2.06. The summed E-state index contributed by atoms with van der Waals surface area (Å²) >= 11 is 0. The van der Waals surface area contributed by atoms with Crippen molar-refractivity contribution in [2.75, 3.05) is 13.2 Å². The van der Waals surface area contributed by atoms with Gasteiger partial charge in [0.2, 0.25) is 0 Å². The van der Waals surface area contributed by atoms with Gasteiger partial charge in [-0.2, -0.15) is 0 Å². The van der Waals surface area contributed by atoms with Gasteiger partial charge < -0.3 is 14.0 Å². The second kappa shape index (κ2) is 9.04. The SMILES string of the molecule is CCOC(=O)C(=Cc1cn(Cc2ccccc2)c2ccccc12)C(=O)OCC. The minimum atomic E-state index is -0.680. The molecule has 0 bridgehead atoms. The summed E-state index contributed by atoms with van der Waals surface area (Å²) < 4.78 is 12.2. The average Bonchev–Trinajstić information content (AvgIpc) is 3.05. The van der Waals surface area contributed by atoms with E-state index in [1.54, 1.807) is 19.9 Å².